The summed E-state index contributed by atoms with van der Waals surface area (Å²) in [6.45, 7) is 6.67. The molecule has 1 N–H and O–H groups in total. The highest BCUT2D eigenvalue weighted by atomic mass is 79.9. The van der Waals surface area contributed by atoms with Crippen molar-refractivity contribution in [2.45, 2.75) is 26.3 Å². The van der Waals surface area contributed by atoms with E-state index in [1.54, 1.807) is 6.20 Å². The maximum absolute atomic E-state index is 12.2. The normalized spacial score (nSPS) is 17.4. The first-order chi connectivity index (χ1) is 9.61. The molecule has 2 rings (SSSR count). The molecule has 1 aliphatic rings. The number of unbranched alkanes of at least 4 members (excludes halogenated alkanes) is 1. The monoisotopic (exact) mass is 343 g/mol. The van der Waals surface area contributed by atoms with Crippen LogP contribution in [0.5, 0.6) is 0 Å². The van der Waals surface area contributed by atoms with Gasteiger partial charge in [-0.2, -0.15) is 5.10 Å². The van der Waals surface area contributed by atoms with Crippen molar-refractivity contribution in [3.63, 3.8) is 0 Å². The number of halogens is 1. The van der Waals surface area contributed by atoms with E-state index in [9.17, 15) is 4.79 Å². The van der Waals surface area contributed by atoms with Gasteiger partial charge >= 0.3 is 0 Å². The molecule has 1 aromatic heterocycles. The van der Waals surface area contributed by atoms with Crippen molar-refractivity contribution in [3.8, 4) is 0 Å². The summed E-state index contributed by atoms with van der Waals surface area (Å²) in [6.07, 6.45) is 3.73. The lowest BCUT2D eigenvalue weighted by Crippen LogP contribution is -2.47. The SMILES string of the molecule is CCCCn1ncc(NN2CCN(C)CC2)c(Br)c1=O. The average Bonchev–Trinajstić information content (AvgIpc) is 2.45. The van der Waals surface area contributed by atoms with Crippen molar-refractivity contribution >= 4 is 21.6 Å². The third kappa shape index (κ3) is 3.80. The summed E-state index contributed by atoms with van der Waals surface area (Å²) in [7, 11) is 2.11. The predicted molar refractivity (Wildman–Crippen MR) is 83.8 cm³/mol. The van der Waals surface area contributed by atoms with Gasteiger partial charge in [0.2, 0.25) is 0 Å². The maximum Gasteiger partial charge on any atom is 0.283 e. The number of anilines is 1. The lowest BCUT2D eigenvalue weighted by molar-refractivity contribution is 0.179. The molecule has 0 bridgehead atoms. The van der Waals surface area contributed by atoms with Gasteiger partial charge in [-0.15, -0.1) is 0 Å². The van der Waals surface area contributed by atoms with Crippen LogP contribution in [0, 0.1) is 0 Å². The first kappa shape index (κ1) is 15.5. The van der Waals surface area contributed by atoms with E-state index in [2.05, 4.69) is 50.3 Å². The van der Waals surface area contributed by atoms with Crippen molar-refractivity contribution < 1.29 is 0 Å². The molecule has 0 aromatic carbocycles. The molecule has 0 amide bonds. The zero-order valence-corrected chi connectivity index (χ0v) is 13.7. The summed E-state index contributed by atoms with van der Waals surface area (Å²) < 4.78 is 2.07. The minimum absolute atomic E-state index is 0.0717. The highest BCUT2D eigenvalue weighted by molar-refractivity contribution is 9.10. The van der Waals surface area contributed by atoms with Gasteiger partial charge in [0.25, 0.3) is 5.56 Å². The zero-order chi connectivity index (χ0) is 14.5. The van der Waals surface area contributed by atoms with Crippen molar-refractivity contribution in [3.05, 3.63) is 21.0 Å². The van der Waals surface area contributed by atoms with Crippen LogP contribution >= 0.6 is 15.9 Å². The molecular formula is C13H22BrN5O. The van der Waals surface area contributed by atoms with E-state index in [1.165, 1.54) is 4.68 Å². The van der Waals surface area contributed by atoms with Crippen LogP contribution in [0.3, 0.4) is 0 Å². The smallest absolute Gasteiger partial charge is 0.283 e. The lowest BCUT2D eigenvalue weighted by atomic mass is 10.3. The largest absolute Gasteiger partial charge is 0.316 e. The third-order valence-electron chi connectivity index (χ3n) is 3.49. The summed E-state index contributed by atoms with van der Waals surface area (Å²) in [5.41, 5.74) is 3.95. The summed E-state index contributed by atoms with van der Waals surface area (Å²) in [5.74, 6) is 0. The summed E-state index contributed by atoms with van der Waals surface area (Å²) in [6, 6.07) is 0. The summed E-state index contributed by atoms with van der Waals surface area (Å²) in [4.78, 5) is 14.5. The van der Waals surface area contributed by atoms with Gasteiger partial charge in [-0.3, -0.25) is 4.79 Å². The number of hydrogen-bond acceptors (Lipinski definition) is 5. The molecular weight excluding hydrogens is 322 g/mol. The molecule has 6 nitrogen and oxygen atoms in total. The standard InChI is InChI=1S/C13H22BrN5O/c1-3-4-5-19-13(20)12(14)11(10-15-19)16-18-8-6-17(2)7-9-18/h10,16H,3-9H2,1-2H3. The Hall–Kier alpha value is -0.920. The Labute approximate surface area is 127 Å². The molecule has 1 aliphatic heterocycles. The Morgan fingerprint density at radius 3 is 2.70 bits per heavy atom. The minimum atomic E-state index is -0.0717. The fraction of sp³-hybridized carbons (Fsp3) is 0.692. The number of nitrogens with zero attached hydrogens (tertiary/aromatic N) is 4. The number of hydrazine groups is 1. The van der Waals surface area contributed by atoms with Crippen molar-refractivity contribution in [2.75, 3.05) is 38.7 Å². The van der Waals surface area contributed by atoms with E-state index in [1.807, 2.05) is 0 Å². The predicted octanol–water partition coefficient (Wildman–Crippen LogP) is 1.38. The summed E-state index contributed by atoms with van der Waals surface area (Å²) in [5, 5.41) is 6.35. The number of likely N-dealkylation sites (N-methyl/N-ethyl adjacent to an activating group) is 1. The molecule has 0 aliphatic carbocycles. The fourth-order valence-corrected chi connectivity index (χ4v) is 2.49. The average molecular weight is 344 g/mol. The van der Waals surface area contributed by atoms with Crippen LogP contribution in [0.15, 0.2) is 15.5 Å². The van der Waals surface area contributed by atoms with Gasteiger partial charge in [-0.1, -0.05) is 13.3 Å². The second kappa shape index (κ2) is 7.19. The highest BCUT2D eigenvalue weighted by Gasteiger charge is 2.16. The van der Waals surface area contributed by atoms with E-state index in [0.29, 0.717) is 11.0 Å². The van der Waals surface area contributed by atoms with Crippen LogP contribution in [-0.2, 0) is 6.54 Å². The van der Waals surface area contributed by atoms with Crippen molar-refractivity contribution in [2.24, 2.45) is 0 Å². The van der Waals surface area contributed by atoms with Gasteiger partial charge in [0.05, 0.1) is 11.9 Å². The Morgan fingerprint density at radius 2 is 2.05 bits per heavy atom. The van der Waals surface area contributed by atoms with Gasteiger partial charge in [-0.25, -0.2) is 9.69 Å². The molecule has 1 fully saturated rings. The Bertz CT molecular complexity index is 496. The fourth-order valence-electron chi connectivity index (χ4n) is 2.10. The molecule has 2 heterocycles. The molecule has 0 radical (unpaired) electrons. The molecule has 1 saturated heterocycles. The van der Waals surface area contributed by atoms with Crippen LogP contribution in [0.1, 0.15) is 19.8 Å². The van der Waals surface area contributed by atoms with E-state index in [0.717, 1.165) is 44.7 Å². The molecule has 0 atom stereocenters. The molecule has 112 valence electrons. The van der Waals surface area contributed by atoms with Gasteiger partial charge < -0.3 is 10.3 Å². The highest BCUT2D eigenvalue weighted by Crippen LogP contribution is 2.17. The quantitative estimate of drug-likeness (QED) is 0.875. The molecule has 7 heteroatoms. The number of rotatable bonds is 5. The van der Waals surface area contributed by atoms with Gasteiger partial charge in [-0.05, 0) is 29.4 Å². The number of piperazine rings is 1. The van der Waals surface area contributed by atoms with Crippen LogP contribution in [0.25, 0.3) is 0 Å². The van der Waals surface area contributed by atoms with Gasteiger partial charge in [0.1, 0.15) is 4.47 Å². The Kier molecular flexibility index (Phi) is 5.56. The first-order valence-corrected chi connectivity index (χ1v) is 7.87. The van der Waals surface area contributed by atoms with Crippen LogP contribution in [0.4, 0.5) is 5.69 Å². The Balaban J connectivity index is 2.05. The number of hydrogen-bond donors (Lipinski definition) is 1. The Morgan fingerprint density at radius 1 is 1.35 bits per heavy atom. The van der Waals surface area contributed by atoms with Gasteiger partial charge in [0.15, 0.2) is 0 Å². The maximum atomic E-state index is 12.2. The van der Waals surface area contributed by atoms with Crippen LogP contribution in [0.2, 0.25) is 0 Å². The number of aromatic nitrogens is 2. The minimum Gasteiger partial charge on any atom is -0.316 e. The first-order valence-electron chi connectivity index (χ1n) is 7.07. The molecule has 20 heavy (non-hydrogen) atoms. The van der Waals surface area contributed by atoms with E-state index in [4.69, 9.17) is 0 Å². The van der Waals surface area contributed by atoms with Crippen molar-refractivity contribution in [1.29, 1.82) is 0 Å². The molecule has 0 spiro atoms. The second-order valence-corrected chi connectivity index (χ2v) is 5.95. The van der Waals surface area contributed by atoms with Crippen molar-refractivity contribution in [1.82, 2.24) is 19.7 Å². The number of nitrogens with one attached hydrogen (secondary N) is 1. The topological polar surface area (TPSA) is 53.4 Å². The molecule has 0 unspecified atom stereocenters. The van der Waals surface area contributed by atoms with E-state index >= 15 is 0 Å². The van der Waals surface area contributed by atoms with Crippen LogP contribution < -0.4 is 11.0 Å². The van der Waals surface area contributed by atoms with Crippen LogP contribution in [-0.4, -0.2) is 52.9 Å². The number of aryl methyl sites for hydroxylation is 1. The summed E-state index contributed by atoms with van der Waals surface area (Å²) >= 11 is 3.39. The van der Waals surface area contributed by atoms with E-state index < -0.39 is 0 Å². The van der Waals surface area contributed by atoms with E-state index in [-0.39, 0.29) is 5.56 Å². The molecule has 1 aromatic rings. The third-order valence-corrected chi connectivity index (χ3v) is 4.26. The van der Waals surface area contributed by atoms with Gasteiger partial charge in [0, 0.05) is 32.7 Å². The molecule has 0 saturated carbocycles. The zero-order valence-electron chi connectivity index (χ0n) is 12.1. The second-order valence-electron chi connectivity index (χ2n) is 5.16. The lowest BCUT2D eigenvalue weighted by Gasteiger charge is -2.33.